The van der Waals surface area contributed by atoms with Gasteiger partial charge in [-0.3, -0.25) is 9.69 Å². The molecule has 1 fully saturated rings. The Morgan fingerprint density at radius 2 is 2.14 bits per heavy atom. The van der Waals surface area contributed by atoms with E-state index in [1.165, 1.54) is 18.4 Å². The minimum atomic E-state index is 0.107. The van der Waals surface area contributed by atoms with E-state index < -0.39 is 0 Å². The molecule has 1 aliphatic rings. The highest BCUT2D eigenvalue weighted by Gasteiger charge is 2.18. The van der Waals surface area contributed by atoms with Crippen LogP contribution in [0, 0.1) is 6.92 Å². The Morgan fingerprint density at radius 3 is 2.76 bits per heavy atom. The van der Waals surface area contributed by atoms with Crippen molar-refractivity contribution in [2.24, 2.45) is 0 Å². The fraction of sp³-hybridized carbons (Fsp3) is 0.588. The smallest absolute Gasteiger partial charge is 0.234 e. The molecular weight excluding hydrogens is 262 g/mol. The lowest BCUT2D eigenvalue weighted by Gasteiger charge is -2.23. The average Bonchev–Trinajstić information content (AvgIpc) is 2.99. The van der Waals surface area contributed by atoms with Crippen molar-refractivity contribution in [1.82, 2.24) is 15.5 Å². The maximum absolute atomic E-state index is 12.1. The van der Waals surface area contributed by atoms with Crippen molar-refractivity contribution in [2.45, 2.75) is 39.3 Å². The number of carbonyl (C=O) groups is 1. The lowest BCUT2D eigenvalue weighted by molar-refractivity contribution is -0.122. The van der Waals surface area contributed by atoms with Gasteiger partial charge >= 0.3 is 0 Å². The van der Waals surface area contributed by atoms with Crippen molar-refractivity contribution in [3.63, 3.8) is 0 Å². The highest BCUT2D eigenvalue weighted by molar-refractivity contribution is 5.78. The molecule has 1 aromatic carbocycles. The van der Waals surface area contributed by atoms with Crippen molar-refractivity contribution in [3.05, 3.63) is 35.4 Å². The molecular formula is C17H27N3O. The summed E-state index contributed by atoms with van der Waals surface area (Å²) in [4.78, 5) is 14.3. The Balaban J connectivity index is 1.72. The van der Waals surface area contributed by atoms with Crippen LogP contribution >= 0.6 is 0 Å². The number of rotatable bonds is 7. The molecule has 1 unspecified atom stereocenters. The third-order valence-electron chi connectivity index (χ3n) is 4.07. The summed E-state index contributed by atoms with van der Waals surface area (Å²) < 4.78 is 0. The normalized spacial score (nSPS) is 18.1. The summed E-state index contributed by atoms with van der Waals surface area (Å²) in [5.74, 6) is 0.107. The highest BCUT2D eigenvalue weighted by Crippen LogP contribution is 2.07. The lowest BCUT2D eigenvalue weighted by Crippen LogP contribution is -2.43. The van der Waals surface area contributed by atoms with Gasteiger partial charge in [-0.2, -0.15) is 0 Å². The molecule has 0 aromatic heterocycles. The van der Waals surface area contributed by atoms with Gasteiger partial charge in [-0.05, 0) is 38.4 Å². The van der Waals surface area contributed by atoms with Crippen LogP contribution in [0.15, 0.2) is 24.3 Å². The van der Waals surface area contributed by atoms with Gasteiger partial charge in [0.25, 0.3) is 0 Å². The van der Waals surface area contributed by atoms with Gasteiger partial charge in [0.05, 0.1) is 6.54 Å². The highest BCUT2D eigenvalue weighted by atomic mass is 16.2. The number of likely N-dealkylation sites (N-methyl/N-ethyl adjacent to an activating group) is 1. The number of hydrogen-bond donors (Lipinski definition) is 2. The van der Waals surface area contributed by atoms with Gasteiger partial charge in [-0.1, -0.05) is 36.8 Å². The standard InChI is InChI=1S/C17H27N3O/c1-3-20(12-16-5-4-10-18-16)13-17(21)19-11-15-8-6-14(2)7-9-15/h6-9,16,18H,3-5,10-13H2,1-2H3,(H,19,21). The Hall–Kier alpha value is -1.39. The second kappa shape index (κ2) is 8.15. The molecule has 2 N–H and O–H groups in total. The van der Waals surface area contributed by atoms with E-state index in [0.717, 1.165) is 25.2 Å². The van der Waals surface area contributed by atoms with Crippen LogP contribution in [0.25, 0.3) is 0 Å². The molecule has 1 atom stereocenters. The van der Waals surface area contributed by atoms with E-state index in [-0.39, 0.29) is 5.91 Å². The summed E-state index contributed by atoms with van der Waals surface area (Å²) >= 11 is 0. The summed E-state index contributed by atoms with van der Waals surface area (Å²) in [7, 11) is 0. The van der Waals surface area contributed by atoms with E-state index in [1.807, 2.05) is 0 Å². The SMILES string of the molecule is CCN(CC(=O)NCc1ccc(C)cc1)CC1CCCN1. The van der Waals surface area contributed by atoms with Gasteiger partial charge in [0.1, 0.15) is 0 Å². The second-order valence-corrected chi connectivity index (χ2v) is 5.88. The summed E-state index contributed by atoms with van der Waals surface area (Å²) in [6, 6.07) is 8.83. The molecule has 0 bridgehead atoms. The largest absolute Gasteiger partial charge is 0.351 e. The first-order chi connectivity index (χ1) is 10.2. The molecule has 4 heteroatoms. The minimum absolute atomic E-state index is 0.107. The van der Waals surface area contributed by atoms with Crippen LogP contribution < -0.4 is 10.6 Å². The van der Waals surface area contributed by atoms with Gasteiger partial charge in [-0.15, -0.1) is 0 Å². The van der Waals surface area contributed by atoms with Gasteiger partial charge < -0.3 is 10.6 Å². The first-order valence-corrected chi connectivity index (χ1v) is 7.95. The van der Waals surface area contributed by atoms with E-state index >= 15 is 0 Å². The maximum Gasteiger partial charge on any atom is 0.234 e. The molecule has 0 aliphatic carbocycles. The Kier molecular flexibility index (Phi) is 6.21. The Labute approximate surface area is 127 Å². The van der Waals surface area contributed by atoms with Gasteiger partial charge in [-0.25, -0.2) is 0 Å². The van der Waals surface area contributed by atoms with Crippen molar-refractivity contribution in [2.75, 3.05) is 26.2 Å². The average molecular weight is 289 g/mol. The Morgan fingerprint density at radius 1 is 1.38 bits per heavy atom. The second-order valence-electron chi connectivity index (χ2n) is 5.88. The summed E-state index contributed by atoms with van der Waals surface area (Å²) in [6.07, 6.45) is 2.48. The number of carbonyl (C=O) groups excluding carboxylic acids is 1. The van der Waals surface area contributed by atoms with Crippen molar-refractivity contribution < 1.29 is 4.79 Å². The molecule has 21 heavy (non-hydrogen) atoms. The predicted molar refractivity (Wildman–Crippen MR) is 86.2 cm³/mol. The zero-order chi connectivity index (χ0) is 15.1. The number of aryl methyl sites for hydroxylation is 1. The third kappa shape index (κ3) is 5.48. The van der Waals surface area contributed by atoms with Crippen molar-refractivity contribution in [3.8, 4) is 0 Å². The number of nitrogens with one attached hydrogen (secondary N) is 2. The molecule has 1 aliphatic heterocycles. The van der Waals surface area contributed by atoms with Crippen LogP contribution in [0.2, 0.25) is 0 Å². The van der Waals surface area contributed by atoms with Crippen molar-refractivity contribution in [1.29, 1.82) is 0 Å². The molecule has 1 aromatic rings. The van der Waals surface area contributed by atoms with E-state index in [2.05, 4.69) is 53.6 Å². The molecule has 1 heterocycles. The van der Waals surface area contributed by atoms with Gasteiger partial charge in [0.15, 0.2) is 0 Å². The molecule has 1 amide bonds. The van der Waals surface area contributed by atoms with Crippen LogP contribution in [0.3, 0.4) is 0 Å². The molecule has 1 saturated heterocycles. The quantitative estimate of drug-likeness (QED) is 0.803. The van der Waals surface area contributed by atoms with Crippen LogP contribution in [0.4, 0.5) is 0 Å². The van der Waals surface area contributed by atoms with Crippen LogP contribution in [0.1, 0.15) is 30.9 Å². The van der Waals surface area contributed by atoms with Crippen molar-refractivity contribution >= 4 is 5.91 Å². The Bertz CT molecular complexity index is 438. The van der Waals surface area contributed by atoms with E-state index in [4.69, 9.17) is 0 Å². The van der Waals surface area contributed by atoms with E-state index in [0.29, 0.717) is 19.1 Å². The zero-order valence-electron chi connectivity index (χ0n) is 13.2. The third-order valence-corrected chi connectivity index (χ3v) is 4.07. The number of hydrogen-bond acceptors (Lipinski definition) is 3. The van der Waals surface area contributed by atoms with Gasteiger partial charge in [0, 0.05) is 19.1 Å². The minimum Gasteiger partial charge on any atom is -0.351 e. The number of benzene rings is 1. The summed E-state index contributed by atoms with van der Waals surface area (Å²) in [5, 5.41) is 6.49. The molecule has 0 radical (unpaired) electrons. The molecule has 0 saturated carbocycles. The molecule has 0 spiro atoms. The molecule has 2 rings (SSSR count). The summed E-state index contributed by atoms with van der Waals surface area (Å²) in [5.41, 5.74) is 2.39. The monoisotopic (exact) mass is 289 g/mol. The zero-order valence-corrected chi connectivity index (χ0v) is 13.2. The van der Waals surface area contributed by atoms with E-state index in [9.17, 15) is 4.79 Å². The van der Waals surface area contributed by atoms with Gasteiger partial charge in [0.2, 0.25) is 5.91 Å². The number of amides is 1. The van der Waals surface area contributed by atoms with Crippen LogP contribution in [0.5, 0.6) is 0 Å². The lowest BCUT2D eigenvalue weighted by atomic mass is 10.1. The fourth-order valence-electron chi connectivity index (χ4n) is 2.70. The number of nitrogens with zero attached hydrogens (tertiary/aromatic N) is 1. The van der Waals surface area contributed by atoms with Crippen LogP contribution in [-0.2, 0) is 11.3 Å². The first-order valence-electron chi connectivity index (χ1n) is 7.95. The topological polar surface area (TPSA) is 44.4 Å². The fourth-order valence-corrected chi connectivity index (χ4v) is 2.70. The maximum atomic E-state index is 12.1. The predicted octanol–water partition coefficient (Wildman–Crippen LogP) is 1.69. The van der Waals surface area contributed by atoms with E-state index in [1.54, 1.807) is 0 Å². The summed E-state index contributed by atoms with van der Waals surface area (Å²) in [6.45, 7) is 8.27. The first kappa shape index (κ1) is 16.0. The molecule has 4 nitrogen and oxygen atoms in total. The molecule has 116 valence electrons. The van der Waals surface area contributed by atoms with Crippen LogP contribution in [-0.4, -0.2) is 43.0 Å².